The fourth-order valence-corrected chi connectivity index (χ4v) is 4.23. The van der Waals surface area contributed by atoms with E-state index in [0.29, 0.717) is 28.6 Å². The number of thioether (sulfide) groups is 1. The first-order valence-corrected chi connectivity index (χ1v) is 10.0. The number of benzene rings is 1. The van der Waals surface area contributed by atoms with E-state index in [1.165, 1.54) is 4.90 Å². The van der Waals surface area contributed by atoms with Gasteiger partial charge in [0.15, 0.2) is 11.5 Å². The summed E-state index contributed by atoms with van der Waals surface area (Å²) in [5, 5.41) is 3.49. The van der Waals surface area contributed by atoms with Gasteiger partial charge in [-0.25, -0.2) is 0 Å². The minimum absolute atomic E-state index is 0.0779. The molecule has 0 saturated carbocycles. The van der Waals surface area contributed by atoms with Gasteiger partial charge in [-0.05, 0) is 50.5 Å². The van der Waals surface area contributed by atoms with Crippen LogP contribution in [-0.2, 0) is 6.42 Å². The highest BCUT2D eigenvalue weighted by molar-refractivity contribution is 7.99. The number of amides is 1. The van der Waals surface area contributed by atoms with Crippen molar-refractivity contribution in [1.29, 1.82) is 0 Å². The van der Waals surface area contributed by atoms with Gasteiger partial charge in [-0.15, -0.1) is 11.8 Å². The predicted octanol–water partition coefficient (Wildman–Crippen LogP) is 5.56. The van der Waals surface area contributed by atoms with Gasteiger partial charge in [0, 0.05) is 34.2 Å². The van der Waals surface area contributed by atoms with E-state index in [1.807, 2.05) is 30.8 Å². The van der Waals surface area contributed by atoms with E-state index in [4.69, 9.17) is 4.42 Å². The number of anilines is 1. The molecule has 1 amide bonds. The highest BCUT2D eigenvalue weighted by Gasteiger charge is 2.28. The van der Waals surface area contributed by atoms with Crippen LogP contribution in [0, 0.1) is 13.8 Å². The molecule has 0 spiro atoms. The Morgan fingerprint density at radius 1 is 1.31 bits per heavy atom. The molecule has 0 aliphatic heterocycles. The number of nitrogens with one attached hydrogen (secondary N) is 1. The third-order valence-corrected chi connectivity index (χ3v) is 6.13. The Bertz CT molecular complexity index is 853. The molecule has 5 heteroatoms. The average Bonchev–Trinajstić information content (AvgIpc) is 2.95. The minimum atomic E-state index is -0.296. The van der Waals surface area contributed by atoms with E-state index in [1.54, 1.807) is 6.92 Å². The topological polar surface area (TPSA) is 59.3 Å². The molecule has 0 radical (unpaired) electrons. The van der Waals surface area contributed by atoms with Crippen molar-refractivity contribution >= 4 is 29.1 Å². The molecule has 1 atom stereocenters. The van der Waals surface area contributed by atoms with Gasteiger partial charge in [-0.3, -0.25) is 9.59 Å². The predicted molar refractivity (Wildman–Crippen MR) is 105 cm³/mol. The molecule has 0 bridgehead atoms. The summed E-state index contributed by atoms with van der Waals surface area (Å²) < 4.78 is 5.74. The molecule has 1 N–H and O–H groups in total. The zero-order chi connectivity index (χ0) is 18.8. The fourth-order valence-electron chi connectivity index (χ4n) is 3.21. The highest BCUT2D eigenvalue weighted by Crippen LogP contribution is 2.31. The summed E-state index contributed by atoms with van der Waals surface area (Å²) in [4.78, 5) is 26.0. The number of furan rings is 1. The van der Waals surface area contributed by atoms with Gasteiger partial charge >= 0.3 is 0 Å². The van der Waals surface area contributed by atoms with Gasteiger partial charge in [-0.2, -0.15) is 0 Å². The lowest BCUT2D eigenvalue weighted by molar-refractivity contribution is 0.0963. The molecule has 4 nitrogen and oxygen atoms in total. The van der Waals surface area contributed by atoms with Crippen LogP contribution in [0.4, 0.5) is 5.69 Å². The van der Waals surface area contributed by atoms with Crippen molar-refractivity contribution in [1.82, 2.24) is 0 Å². The lowest BCUT2D eigenvalue weighted by atomic mass is 9.94. The summed E-state index contributed by atoms with van der Waals surface area (Å²) in [5.74, 6) is 0.688. The number of hydrogen-bond donors (Lipinski definition) is 1. The number of aryl methyl sites for hydroxylation is 2. The molecule has 1 heterocycles. The zero-order valence-corrected chi connectivity index (χ0v) is 16.6. The van der Waals surface area contributed by atoms with E-state index >= 15 is 0 Å². The first kappa shape index (κ1) is 18.8. The van der Waals surface area contributed by atoms with Crippen LogP contribution in [-0.4, -0.2) is 16.9 Å². The van der Waals surface area contributed by atoms with E-state index in [0.717, 1.165) is 30.5 Å². The van der Waals surface area contributed by atoms with Crippen LogP contribution in [0.25, 0.3) is 0 Å². The molecule has 0 saturated heterocycles. The summed E-state index contributed by atoms with van der Waals surface area (Å²) in [6, 6.07) is 6.06. The van der Waals surface area contributed by atoms with Crippen molar-refractivity contribution < 1.29 is 14.0 Å². The minimum Gasteiger partial charge on any atom is -0.455 e. The van der Waals surface area contributed by atoms with Gasteiger partial charge in [0.05, 0.1) is 5.56 Å². The van der Waals surface area contributed by atoms with E-state index < -0.39 is 0 Å². The molecule has 1 aliphatic rings. The molecule has 138 valence electrons. The Morgan fingerprint density at radius 2 is 2.08 bits per heavy atom. The second-order valence-electron chi connectivity index (χ2n) is 6.90. The number of carbonyl (C=O) groups excluding carboxylic acids is 2. The lowest BCUT2D eigenvalue weighted by Gasteiger charge is -2.12. The van der Waals surface area contributed by atoms with Crippen molar-refractivity contribution in [2.75, 3.05) is 5.32 Å². The maximum Gasteiger partial charge on any atom is 0.291 e. The number of hydrogen-bond acceptors (Lipinski definition) is 4. The molecule has 1 unspecified atom stereocenters. The Morgan fingerprint density at radius 3 is 2.73 bits per heavy atom. The third-order valence-electron chi connectivity index (χ3n) is 4.87. The molecular weight excluding hydrogens is 346 g/mol. The van der Waals surface area contributed by atoms with Gasteiger partial charge in [0.1, 0.15) is 5.76 Å². The zero-order valence-electron chi connectivity index (χ0n) is 15.8. The average molecular weight is 372 g/mol. The summed E-state index contributed by atoms with van der Waals surface area (Å²) in [6.45, 7) is 8.16. The summed E-state index contributed by atoms with van der Waals surface area (Å²) in [6.07, 6.45) is 3.15. The second-order valence-corrected chi connectivity index (χ2v) is 8.41. The third kappa shape index (κ3) is 3.73. The maximum absolute atomic E-state index is 12.7. The van der Waals surface area contributed by atoms with Gasteiger partial charge < -0.3 is 9.73 Å². The molecule has 3 rings (SSSR count). The fraction of sp³-hybridized carbons (Fsp3) is 0.429. The van der Waals surface area contributed by atoms with Crippen LogP contribution in [0.2, 0.25) is 0 Å². The number of carbonyl (C=O) groups is 2. The standard InChI is InChI=1S/C21H25NO3S/c1-5-13(3)26-15-9-10-16(12(2)11-15)22-21(24)20-14(4)19-17(23)7-6-8-18(19)25-20/h9-11,13H,5-8H2,1-4H3,(H,22,24). The molecular formula is C21H25NO3S. The van der Waals surface area contributed by atoms with Gasteiger partial charge in [0.2, 0.25) is 0 Å². The van der Waals surface area contributed by atoms with Crippen molar-refractivity contribution in [2.45, 2.75) is 63.5 Å². The molecule has 1 aromatic carbocycles. The Labute approximate surface area is 158 Å². The summed E-state index contributed by atoms with van der Waals surface area (Å²) in [7, 11) is 0. The van der Waals surface area contributed by atoms with Crippen LogP contribution < -0.4 is 5.32 Å². The number of ketones is 1. The Kier molecular flexibility index (Phi) is 5.56. The largest absolute Gasteiger partial charge is 0.455 e. The quantitative estimate of drug-likeness (QED) is 0.699. The molecule has 1 aliphatic carbocycles. The van der Waals surface area contributed by atoms with Gasteiger partial charge in [-0.1, -0.05) is 13.8 Å². The van der Waals surface area contributed by atoms with Crippen molar-refractivity contribution in [3.05, 3.63) is 46.4 Å². The maximum atomic E-state index is 12.7. The van der Waals surface area contributed by atoms with Crippen LogP contribution in [0.1, 0.15) is 70.9 Å². The van der Waals surface area contributed by atoms with Crippen LogP contribution >= 0.6 is 11.8 Å². The molecule has 26 heavy (non-hydrogen) atoms. The monoisotopic (exact) mass is 371 g/mol. The number of rotatable bonds is 5. The highest BCUT2D eigenvalue weighted by atomic mass is 32.2. The lowest BCUT2D eigenvalue weighted by Crippen LogP contribution is -2.14. The molecule has 1 aromatic heterocycles. The molecule has 0 fully saturated rings. The first-order chi connectivity index (χ1) is 12.4. The van der Waals surface area contributed by atoms with E-state index in [2.05, 4.69) is 25.2 Å². The number of fused-ring (bicyclic) bond motifs is 1. The Hall–Kier alpha value is -2.01. The van der Waals surface area contributed by atoms with Crippen LogP contribution in [0.3, 0.4) is 0 Å². The SMILES string of the molecule is CCC(C)Sc1ccc(NC(=O)c2oc3c(c2C)C(=O)CCC3)c(C)c1. The van der Waals surface area contributed by atoms with Crippen molar-refractivity contribution in [3.8, 4) is 0 Å². The van der Waals surface area contributed by atoms with E-state index in [-0.39, 0.29) is 17.5 Å². The normalized spacial score (nSPS) is 14.8. The molecule has 2 aromatic rings. The smallest absolute Gasteiger partial charge is 0.291 e. The summed E-state index contributed by atoms with van der Waals surface area (Å²) >= 11 is 1.83. The Balaban J connectivity index is 1.79. The van der Waals surface area contributed by atoms with Crippen molar-refractivity contribution in [2.24, 2.45) is 0 Å². The van der Waals surface area contributed by atoms with Gasteiger partial charge in [0.25, 0.3) is 5.91 Å². The second kappa shape index (κ2) is 7.70. The summed E-state index contributed by atoms with van der Waals surface area (Å²) in [5.41, 5.74) is 3.04. The number of Topliss-reactive ketones (excluding diaryl/α,β-unsaturated/α-hetero) is 1. The van der Waals surface area contributed by atoms with E-state index in [9.17, 15) is 9.59 Å². The van der Waals surface area contributed by atoms with Crippen LogP contribution in [0.5, 0.6) is 0 Å². The first-order valence-electron chi connectivity index (χ1n) is 9.14. The van der Waals surface area contributed by atoms with Crippen molar-refractivity contribution in [3.63, 3.8) is 0 Å². The van der Waals surface area contributed by atoms with Crippen LogP contribution in [0.15, 0.2) is 27.5 Å².